The number of hydrogen-bond acceptors (Lipinski definition) is 2. The number of aryl methyl sites for hydroxylation is 2. The number of amides is 1. The average Bonchev–Trinajstić information content (AvgIpc) is 2.40. The van der Waals surface area contributed by atoms with Gasteiger partial charge in [0.15, 0.2) is 0 Å². The van der Waals surface area contributed by atoms with E-state index in [2.05, 4.69) is 23.5 Å². The fourth-order valence-corrected chi connectivity index (χ4v) is 2.90. The molecule has 2 rings (SSSR count). The first-order chi connectivity index (χ1) is 9.08. The second kappa shape index (κ2) is 6.20. The average molecular weight is 260 g/mol. The summed E-state index contributed by atoms with van der Waals surface area (Å²) in [4.78, 5) is 11.8. The smallest absolute Gasteiger partial charge is 0.239 e. The summed E-state index contributed by atoms with van der Waals surface area (Å²) in [5.74, 6) is -0.278. The topological polar surface area (TPSA) is 55.1 Å². The quantitative estimate of drug-likeness (QED) is 0.874. The minimum atomic E-state index is -0.358. The van der Waals surface area contributed by atoms with Crippen molar-refractivity contribution in [1.29, 1.82) is 0 Å². The van der Waals surface area contributed by atoms with Crippen molar-refractivity contribution in [3.05, 3.63) is 34.9 Å². The van der Waals surface area contributed by atoms with Crippen LogP contribution in [0, 0.1) is 13.8 Å². The van der Waals surface area contributed by atoms with Crippen LogP contribution in [-0.2, 0) is 4.79 Å². The summed E-state index contributed by atoms with van der Waals surface area (Å²) < 4.78 is 0. The van der Waals surface area contributed by atoms with Crippen molar-refractivity contribution in [3.63, 3.8) is 0 Å². The maximum absolute atomic E-state index is 11.8. The van der Waals surface area contributed by atoms with E-state index >= 15 is 0 Å². The Bertz CT molecular complexity index is 450. The molecule has 0 aliphatic heterocycles. The molecule has 1 aromatic rings. The number of carbonyl (C=O) groups excluding carboxylic acids is 1. The summed E-state index contributed by atoms with van der Waals surface area (Å²) in [6.07, 6.45) is 6.10. The largest absolute Gasteiger partial charge is 0.368 e. The van der Waals surface area contributed by atoms with Gasteiger partial charge in [-0.1, -0.05) is 43.0 Å². The summed E-state index contributed by atoms with van der Waals surface area (Å²) in [6, 6.07) is 6.26. The minimum absolute atomic E-state index is 0.278. The molecular formula is C16H24N2O. The summed E-state index contributed by atoms with van der Waals surface area (Å²) >= 11 is 0. The first-order valence-corrected chi connectivity index (χ1v) is 7.20. The Balaban J connectivity index is 2.19. The van der Waals surface area contributed by atoms with E-state index in [-0.39, 0.29) is 11.9 Å². The lowest BCUT2D eigenvalue weighted by Crippen LogP contribution is -2.41. The van der Waals surface area contributed by atoms with Crippen LogP contribution < -0.4 is 11.1 Å². The first-order valence-electron chi connectivity index (χ1n) is 7.20. The molecule has 1 unspecified atom stereocenters. The van der Waals surface area contributed by atoms with Gasteiger partial charge in [-0.3, -0.25) is 10.1 Å². The highest BCUT2D eigenvalue weighted by Crippen LogP contribution is 2.24. The van der Waals surface area contributed by atoms with Crippen LogP contribution in [0.4, 0.5) is 0 Å². The number of benzene rings is 1. The molecule has 1 fully saturated rings. The van der Waals surface area contributed by atoms with E-state index in [1.165, 1.54) is 19.3 Å². The molecule has 3 heteroatoms. The monoisotopic (exact) mass is 260 g/mol. The molecular weight excluding hydrogens is 236 g/mol. The molecule has 0 saturated heterocycles. The van der Waals surface area contributed by atoms with Crippen LogP contribution in [0.3, 0.4) is 0 Å². The predicted molar refractivity (Wildman–Crippen MR) is 77.9 cm³/mol. The standard InChI is InChI=1S/C16H24N2O/c1-11-8-9-12(2)14(10-11)15(16(17)19)18-13-6-4-3-5-7-13/h8-10,13,15,18H,3-7H2,1-2H3,(H2,17,19). The van der Waals surface area contributed by atoms with Gasteiger partial charge in [0.2, 0.25) is 5.91 Å². The van der Waals surface area contributed by atoms with Crippen LogP contribution in [0.25, 0.3) is 0 Å². The Morgan fingerprint density at radius 2 is 1.95 bits per heavy atom. The molecule has 0 heterocycles. The Kier molecular flexibility index (Phi) is 4.59. The van der Waals surface area contributed by atoms with Gasteiger partial charge in [0, 0.05) is 6.04 Å². The van der Waals surface area contributed by atoms with Crippen molar-refractivity contribution in [2.45, 2.75) is 58.0 Å². The fourth-order valence-electron chi connectivity index (χ4n) is 2.90. The minimum Gasteiger partial charge on any atom is -0.368 e. The Morgan fingerprint density at radius 3 is 2.58 bits per heavy atom. The van der Waals surface area contributed by atoms with Crippen LogP contribution >= 0.6 is 0 Å². The van der Waals surface area contributed by atoms with E-state index in [1.807, 2.05) is 13.8 Å². The van der Waals surface area contributed by atoms with E-state index in [9.17, 15) is 4.79 Å². The van der Waals surface area contributed by atoms with Crippen LogP contribution in [-0.4, -0.2) is 11.9 Å². The van der Waals surface area contributed by atoms with E-state index in [0.717, 1.165) is 29.5 Å². The SMILES string of the molecule is Cc1ccc(C)c(C(NC2CCCCC2)C(N)=O)c1. The third-order valence-electron chi connectivity index (χ3n) is 4.04. The van der Waals surface area contributed by atoms with Gasteiger partial charge in [-0.15, -0.1) is 0 Å². The molecule has 0 spiro atoms. The molecule has 0 bridgehead atoms. The molecule has 1 saturated carbocycles. The Morgan fingerprint density at radius 1 is 1.26 bits per heavy atom. The van der Waals surface area contributed by atoms with Gasteiger partial charge in [0.25, 0.3) is 0 Å². The molecule has 1 aliphatic rings. The first kappa shape index (κ1) is 14.1. The van der Waals surface area contributed by atoms with Gasteiger partial charge in [-0.25, -0.2) is 0 Å². The van der Waals surface area contributed by atoms with Crippen molar-refractivity contribution < 1.29 is 4.79 Å². The van der Waals surface area contributed by atoms with Crippen molar-refractivity contribution >= 4 is 5.91 Å². The zero-order valence-electron chi connectivity index (χ0n) is 11.9. The molecule has 3 nitrogen and oxygen atoms in total. The van der Waals surface area contributed by atoms with Crippen molar-refractivity contribution in [2.75, 3.05) is 0 Å². The highest BCUT2D eigenvalue weighted by atomic mass is 16.1. The van der Waals surface area contributed by atoms with Crippen LogP contribution in [0.15, 0.2) is 18.2 Å². The molecule has 3 N–H and O–H groups in total. The van der Waals surface area contributed by atoms with Crippen LogP contribution in [0.5, 0.6) is 0 Å². The van der Waals surface area contributed by atoms with Gasteiger partial charge in [0.05, 0.1) is 0 Å². The highest BCUT2D eigenvalue weighted by Gasteiger charge is 2.24. The predicted octanol–water partition coefficient (Wildman–Crippen LogP) is 2.75. The molecule has 0 aromatic heterocycles. The number of nitrogens with one attached hydrogen (secondary N) is 1. The van der Waals surface area contributed by atoms with Gasteiger partial charge in [-0.05, 0) is 37.8 Å². The summed E-state index contributed by atoms with van der Waals surface area (Å²) in [6.45, 7) is 4.08. The third kappa shape index (κ3) is 3.57. The Labute approximate surface area is 115 Å². The van der Waals surface area contributed by atoms with E-state index in [0.29, 0.717) is 6.04 Å². The molecule has 1 amide bonds. The summed E-state index contributed by atoms with van der Waals surface area (Å²) in [5, 5.41) is 3.47. The van der Waals surface area contributed by atoms with Gasteiger partial charge < -0.3 is 5.73 Å². The normalized spacial score (nSPS) is 18.2. The van der Waals surface area contributed by atoms with Gasteiger partial charge in [-0.2, -0.15) is 0 Å². The van der Waals surface area contributed by atoms with Gasteiger partial charge >= 0.3 is 0 Å². The van der Waals surface area contributed by atoms with Crippen LogP contribution in [0.2, 0.25) is 0 Å². The van der Waals surface area contributed by atoms with Crippen molar-refractivity contribution in [2.24, 2.45) is 5.73 Å². The van der Waals surface area contributed by atoms with E-state index in [1.54, 1.807) is 0 Å². The van der Waals surface area contributed by atoms with Crippen LogP contribution in [0.1, 0.15) is 54.8 Å². The summed E-state index contributed by atoms with van der Waals surface area (Å²) in [5.41, 5.74) is 8.92. The zero-order chi connectivity index (χ0) is 13.8. The second-order valence-electron chi connectivity index (χ2n) is 5.70. The van der Waals surface area contributed by atoms with E-state index in [4.69, 9.17) is 5.73 Å². The lowest BCUT2D eigenvalue weighted by Gasteiger charge is -2.28. The number of nitrogens with two attached hydrogens (primary N) is 1. The molecule has 0 radical (unpaired) electrons. The third-order valence-corrected chi connectivity index (χ3v) is 4.04. The fraction of sp³-hybridized carbons (Fsp3) is 0.562. The number of hydrogen-bond donors (Lipinski definition) is 2. The van der Waals surface area contributed by atoms with Crippen molar-refractivity contribution in [3.8, 4) is 0 Å². The second-order valence-corrected chi connectivity index (χ2v) is 5.70. The molecule has 1 aromatic carbocycles. The maximum atomic E-state index is 11.8. The highest BCUT2D eigenvalue weighted by molar-refractivity contribution is 5.82. The number of primary amides is 1. The number of rotatable bonds is 4. The molecule has 104 valence electrons. The van der Waals surface area contributed by atoms with E-state index < -0.39 is 0 Å². The van der Waals surface area contributed by atoms with Crippen molar-refractivity contribution in [1.82, 2.24) is 5.32 Å². The molecule has 19 heavy (non-hydrogen) atoms. The van der Waals surface area contributed by atoms with Gasteiger partial charge in [0.1, 0.15) is 6.04 Å². The number of carbonyl (C=O) groups is 1. The molecule has 1 atom stereocenters. The Hall–Kier alpha value is -1.35. The lowest BCUT2D eigenvalue weighted by molar-refractivity contribution is -0.120. The molecule has 1 aliphatic carbocycles. The lowest BCUT2D eigenvalue weighted by atomic mass is 9.92. The zero-order valence-corrected chi connectivity index (χ0v) is 11.9. The summed E-state index contributed by atoms with van der Waals surface area (Å²) in [7, 11) is 0. The maximum Gasteiger partial charge on any atom is 0.239 e.